The van der Waals surface area contributed by atoms with E-state index in [2.05, 4.69) is 4.18 Å². The molecule has 3 nitrogen and oxygen atoms in total. The summed E-state index contributed by atoms with van der Waals surface area (Å²) in [6.45, 7) is 1.75. The molecular formula is C7H6O3S. The van der Waals surface area contributed by atoms with Gasteiger partial charge >= 0.3 is 10.1 Å². The molecule has 58 valence electrons. The van der Waals surface area contributed by atoms with Gasteiger partial charge in [0, 0.05) is 0 Å². The van der Waals surface area contributed by atoms with Gasteiger partial charge in [0.25, 0.3) is 0 Å². The Balaban J connectivity index is 2.88. The van der Waals surface area contributed by atoms with Crippen molar-refractivity contribution in [2.45, 2.75) is 11.8 Å². The SMILES string of the molecule is Cc1cc2ccc1S(=O)(=O)O2. The molecule has 0 atom stereocenters. The molecule has 0 aromatic heterocycles. The van der Waals surface area contributed by atoms with E-state index >= 15 is 0 Å². The summed E-state index contributed by atoms with van der Waals surface area (Å²) in [6.07, 6.45) is 0. The van der Waals surface area contributed by atoms with E-state index in [1.165, 1.54) is 0 Å². The normalized spacial score (nSPS) is 17.9. The maximum atomic E-state index is 11.1. The summed E-state index contributed by atoms with van der Waals surface area (Å²) in [4.78, 5) is 0.271. The Morgan fingerprint density at radius 2 is 2.09 bits per heavy atom. The first-order valence-electron chi connectivity index (χ1n) is 3.15. The molecule has 0 saturated heterocycles. The van der Waals surface area contributed by atoms with Gasteiger partial charge in [-0.1, -0.05) is 0 Å². The number of fused-ring (bicyclic) bond motifs is 3. The molecule has 2 aliphatic heterocycles. The van der Waals surface area contributed by atoms with E-state index in [1.807, 2.05) is 0 Å². The lowest BCUT2D eigenvalue weighted by Gasteiger charge is -2.15. The minimum atomic E-state index is -3.45. The molecule has 2 bridgehead atoms. The minimum absolute atomic E-state index is 0.271. The van der Waals surface area contributed by atoms with Crippen LogP contribution in [-0.2, 0) is 10.1 Å². The zero-order valence-corrected chi connectivity index (χ0v) is 6.68. The van der Waals surface area contributed by atoms with Crippen LogP contribution in [0.1, 0.15) is 5.56 Å². The maximum Gasteiger partial charge on any atom is 0.339 e. The van der Waals surface area contributed by atoms with Crippen molar-refractivity contribution in [3.8, 4) is 5.75 Å². The Morgan fingerprint density at radius 3 is 2.45 bits per heavy atom. The van der Waals surface area contributed by atoms with Gasteiger partial charge in [-0.2, -0.15) is 8.42 Å². The van der Waals surface area contributed by atoms with Crippen molar-refractivity contribution < 1.29 is 12.6 Å². The summed E-state index contributed by atoms with van der Waals surface area (Å²) in [7, 11) is -3.45. The lowest BCUT2D eigenvalue weighted by atomic mass is 10.2. The molecule has 4 heteroatoms. The molecule has 0 N–H and O–H groups in total. The third-order valence-electron chi connectivity index (χ3n) is 1.62. The second-order valence-electron chi connectivity index (χ2n) is 2.46. The summed E-state index contributed by atoms with van der Waals surface area (Å²) in [5.74, 6) is 0.400. The van der Waals surface area contributed by atoms with Gasteiger partial charge in [0.1, 0.15) is 10.6 Å². The molecule has 1 aromatic rings. The van der Waals surface area contributed by atoms with E-state index in [9.17, 15) is 8.42 Å². The Bertz CT molecular complexity index is 406. The average Bonchev–Trinajstić information content (AvgIpc) is 1.83. The van der Waals surface area contributed by atoms with Gasteiger partial charge < -0.3 is 4.18 Å². The van der Waals surface area contributed by atoms with Gasteiger partial charge in [-0.25, -0.2) is 0 Å². The summed E-state index contributed by atoms with van der Waals surface area (Å²) < 4.78 is 26.8. The molecule has 0 amide bonds. The Hall–Kier alpha value is -1.03. The maximum absolute atomic E-state index is 11.1. The molecule has 0 aliphatic carbocycles. The van der Waals surface area contributed by atoms with Crippen LogP contribution >= 0.6 is 0 Å². The van der Waals surface area contributed by atoms with Crippen LogP contribution in [0.3, 0.4) is 0 Å². The van der Waals surface area contributed by atoms with Crippen LogP contribution in [0.5, 0.6) is 5.75 Å². The van der Waals surface area contributed by atoms with Crippen LogP contribution in [0.15, 0.2) is 23.1 Å². The van der Waals surface area contributed by atoms with Crippen molar-refractivity contribution in [3.05, 3.63) is 23.8 Å². The second kappa shape index (κ2) is 1.76. The molecule has 0 radical (unpaired) electrons. The highest BCUT2D eigenvalue weighted by Crippen LogP contribution is 2.29. The van der Waals surface area contributed by atoms with Crippen molar-refractivity contribution in [3.63, 3.8) is 0 Å². The van der Waals surface area contributed by atoms with Gasteiger partial charge in [-0.3, -0.25) is 0 Å². The third-order valence-corrected chi connectivity index (χ3v) is 3.03. The Morgan fingerprint density at radius 1 is 1.36 bits per heavy atom. The largest absolute Gasteiger partial charge is 0.379 e. The fourth-order valence-electron chi connectivity index (χ4n) is 1.13. The van der Waals surface area contributed by atoms with Gasteiger partial charge in [0.2, 0.25) is 0 Å². The van der Waals surface area contributed by atoms with Crippen molar-refractivity contribution in [2.75, 3.05) is 0 Å². The monoisotopic (exact) mass is 170 g/mol. The smallest absolute Gasteiger partial charge is 0.339 e. The van der Waals surface area contributed by atoms with Gasteiger partial charge in [0.05, 0.1) is 0 Å². The molecule has 11 heavy (non-hydrogen) atoms. The Kier molecular flexibility index (Phi) is 1.07. The lowest BCUT2D eigenvalue weighted by Crippen LogP contribution is -2.15. The molecule has 0 fully saturated rings. The number of aryl methyl sites for hydroxylation is 1. The van der Waals surface area contributed by atoms with Crippen LogP contribution in [0.25, 0.3) is 0 Å². The molecule has 3 rings (SSSR count). The minimum Gasteiger partial charge on any atom is -0.379 e. The van der Waals surface area contributed by atoms with E-state index in [1.54, 1.807) is 25.1 Å². The predicted molar refractivity (Wildman–Crippen MR) is 39.0 cm³/mol. The number of hydrogen-bond acceptors (Lipinski definition) is 3. The number of hydrogen-bond donors (Lipinski definition) is 0. The van der Waals surface area contributed by atoms with E-state index in [0.29, 0.717) is 5.75 Å². The van der Waals surface area contributed by atoms with Gasteiger partial charge in [-0.15, -0.1) is 0 Å². The van der Waals surface area contributed by atoms with Crippen LogP contribution < -0.4 is 4.18 Å². The molecular weight excluding hydrogens is 164 g/mol. The first kappa shape index (κ1) is 6.67. The summed E-state index contributed by atoms with van der Waals surface area (Å²) >= 11 is 0. The van der Waals surface area contributed by atoms with Crippen LogP contribution in [0.2, 0.25) is 0 Å². The van der Waals surface area contributed by atoms with Crippen molar-refractivity contribution in [2.24, 2.45) is 0 Å². The van der Waals surface area contributed by atoms with E-state index in [0.717, 1.165) is 5.56 Å². The lowest BCUT2D eigenvalue weighted by molar-refractivity contribution is 0.477. The standard InChI is InChI=1S/C7H6O3S/c1-5-4-6-2-3-7(5)11(8,9)10-6/h2-4H,1H3. The quantitative estimate of drug-likeness (QED) is 0.547. The van der Waals surface area contributed by atoms with Crippen LogP contribution in [-0.4, -0.2) is 8.42 Å². The molecule has 0 spiro atoms. The van der Waals surface area contributed by atoms with Crippen LogP contribution in [0, 0.1) is 6.92 Å². The zero-order chi connectivity index (χ0) is 8.06. The van der Waals surface area contributed by atoms with E-state index < -0.39 is 10.1 Å². The second-order valence-corrected chi connectivity index (χ2v) is 3.98. The van der Waals surface area contributed by atoms with Crippen LogP contribution in [0.4, 0.5) is 0 Å². The number of rotatable bonds is 0. The van der Waals surface area contributed by atoms with Gasteiger partial charge in [-0.05, 0) is 30.7 Å². The first-order chi connectivity index (χ1) is 5.09. The zero-order valence-electron chi connectivity index (χ0n) is 5.87. The molecule has 2 heterocycles. The topological polar surface area (TPSA) is 43.4 Å². The fraction of sp³-hybridized carbons (Fsp3) is 0.143. The average molecular weight is 170 g/mol. The predicted octanol–water partition coefficient (Wildman–Crippen LogP) is 1.08. The van der Waals surface area contributed by atoms with Crippen molar-refractivity contribution >= 4 is 10.1 Å². The summed E-state index contributed by atoms with van der Waals surface area (Å²) in [5.41, 5.74) is 0.744. The van der Waals surface area contributed by atoms with Crippen molar-refractivity contribution in [1.29, 1.82) is 0 Å². The molecule has 0 unspecified atom stereocenters. The van der Waals surface area contributed by atoms with Gasteiger partial charge in [0.15, 0.2) is 0 Å². The first-order valence-corrected chi connectivity index (χ1v) is 4.55. The molecule has 0 saturated carbocycles. The molecule has 2 aliphatic rings. The van der Waals surface area contributed by atoms with Crippen molar-refractivity contribution in [1.82, 2.24) is 0 Å². The highest BCUT2D eigenvalue weighted by molar-refractivity contribution is 7.87. The highest BCUT2D eigenvalue weighted by atomic mass is 32.2. The summed E-state index contributed by atoms with van der Waals surface area (Å²) in [5, 5.41) is 0. The van der Waals surface area contributed by atoms with E-state index in [-0.39, 0.29) is 4.90 Å². The number of benzene rings is 1. The Labute approximate surface area is 64.7 Å². The summed E-state index contributed by atoms with van der Waals surface area (Å²) in [6, 6.07) is 4.91. The highest BCUT2D eigenvalue weighted by Gasteiger charge is 2.24. The third kappa shape index (κ3) is 0.826. The molecule has 1 aromatic carbocycles. The van der Waals surface area contributed by atoms with E-state index in [4.69, 9.17) is 0 Å². The fourth-order valence-corrected chi connectivity index (χ4v) is 2.26.